The first-order chi connectivity index (χ1) is 16.9. The predicted molar refractivity (Wildman–Crippen MR) is 136 cm³/mol. The molecular formula is C29H34N2O4. The minimum Gasteiger partial charge on any atom is -0.508 e. The van der Waals surface area contributed by atoms with Gasteiger partial charge in [-0.1, -0.05) is 54.6 Å². The van der Waals surface area contributed by atoms with E-state index in [9.17, 15) is 20.1 Å². The van der Waals surface area contributed by atoms with Gasteiger partial charge in [-0.15, -0.1) is 0 Å². The molecule has 6 nitrogen and oxygen atoms in total. The second-order valence-electron chi connectivity index (χ2n) is 9.41. The molecule has 1 aliphatic heterocycles. The highest BCUT2D eigenvalue weighted by Crippen LogP contribution is 2.24. The van der Waals surface area contributed by atoms with Gasteiger partial charge < -0.3 is 25.5 Å². The summed E-state index contributed by atoms with van der Waals surface area (Å²) in [5.74, 6) is 0.214. The van der Waals surface area contributed by atoms with E-state index in [-0.39, 0.29) is 24.3 Å². The minimum atomic E-state index is -0.738. The topological polar surface area (TPSA) is 93.0 Å². The smallest absolute Gasteiger partial charge is 0.223 e. The fourth-order valence-electron chi connectivity index (χ4n) is 4.63. The Morgan fingerprint density at radius 1 is 1.00 bits per heavy atom. The van der Waals surface area contributed by atoms with Crippen molar-refractivity contribution in [1.29, 1.82) is 0 Å². The zero-order valence-electron chi connectivity index (χ0n) is 20.2. The second-order valence-corrected chi connectivity index (χ2v) is 9.41. The van der Waals surface area contributed by atoms with E-state index in [2.05, 4.69) is 42.6 Å². The standard InChI is InChI=1S/C29H34N2O4/c1-20(30-16-28(34)23-10-11-27(33)26(15-23)19-32)13-22-6-4-5-21(14-22)9-12-29(35)31-17-24-7-2-3-8-25(24)18-31/h2-8,10-11,14-15,20,28,30,32-34H,9,12-13,16-19H2,1H3. The van der Waals surface area contributed by atoms with Crippen molar-refractivity contribution in [2.75, 3.05) is 6.54 Å². The van der Waals surface area contributed by atoms with Gasteiger partial charge in [0, 0.05) is 37.7 Å². The summed E-state index contributed by atoms with van der Waals surface area (Å²) in [5, 5.41) is 32.9. The Bertz CT molecular complexity index is 1140. The average Bonchev–Trinajstić information content (AvgIpc) is 3.31. The molecule has 3 aromatic carbocycles. The molecule has 1 heterocycles. The summed E-state index contributed by atoms with van der Waals surface area (Å²) in [6.07, 6.45) is 1.28. The molecule has 4 N–H and O–H groups in total. The van der Waals surface area contributed by atoms with Crippen LogP contribution in [-0.4, -0.2) is 38.7 Å². The van der Waals surface area contributed by atoms with E-state index in [0.29, 0.717) is 43.6 Å². The molecule has 0 spiro atoms. The maximum absolute atomic E-state index is 12.7. The molecule has 0 bridgehead atoms. The molecular weight excluding hydrogens is 440 g/mol. The lowest BCUT2D eigenvalue weighted by Gasteiger charge is -2.19. The van der Waals surface area contributed by atoms with Crippen LogP contribution < -0.4 is 5.32 Å². The number of carbonyl (C=O) groups excluding carboxylic acids is 1. The van der Waals surface area contributed by atoms with Gasteiger partial charge in [-0.05, 0) is 59.7 Å². The molecule has 3 aromatic rings. The Labute approximate surface area is 206 Å². The number of amides is 1. The van der Waals surface area contributed by atoms with Gasteiger partial charge in [0.1, 0.15) is 5.75 Å². The summed E-state index contributed by atoms with van der Waals surface area (Å²) >= 11 is 0. The van der Waals surface area contributed by atoms with Crippen LogP contribution in [0, 0.1) is 0 Å². The molecule has 0 fully saturated rings. The first kappa shape index (κ1) is 24.9. The van der Waals surface area contributed by atoms with Crippen molar-refractivity contribution in [2.24, 2.45) is 0 Å². The Morgan fingerprint density at radius 2 is 1.71 bits per heavy atom. The lowest BCUT2D eigenvalue weighted by molar-refractivity contribution is -0.131. The van der Waals surface area contributed by atoms with E-state index in [0.717, 1.165) is 12.0 Å². The normalized spacial score (nSPS) is 14.5. The van der Waals surface area contributed by atoms with Gasteiger partial charge in [0.25, 0.3) is 0 Å². The number of nitrogens with zero attached hydrogens (tertiary/aromatic N) is 1. The molecule has 1 aliphatic rings. The third-order valence-electron chi connectivity index (χ3n) is 6.67. The summed E-state index contributed by atoms with van der Waals surface area (Å²) in [7, 11) is 0. The zero-order valence-corrected chi connectivity index (χ0v) is 20.2. The van der Waals surface area contributed by atoms with E-state index < -0.39 is 6.10 Å². The molecule has 6 heteroatoms. The van der Waals surface area contributed by atoms with Crippen molar-refractivity contribution >= 4 is 5.91 Å². The number of fused-ring (bicyclic) bond motifs is 1. The molecule has 2 atom stereocenters. The molecule has 4 rings (SSSR count). The SMILES string of the molecule is CC(Cc1cccc(CCC(=O)N2Cc3ccccc3C2)c1)NCC(O)c1ccc(O)c(CO)c1. The number of phenols is 1. The van der Waals surface area contributed by atoms with E-state index >= 15 is 0 Å². The summed E-state index contributed by atoms with van der Waals surface area (Å²) in [5.41, 5.74) is 5.88. The Morgan fingerprint density at radius 3 is 2.43 bits per heavy atom. The number of rotatable bonds is 10. The molecule has 0 radical (unpaired) electrons. The maximum atomic E-state index is 12.7. The van der Waals surface area contributed by atoms with Crippen molar-refractivity contribution < 1.29 is 20.1 Å². The lowest BCUT2D eigenvalue weighted by Crippen LogP contribution is -2.32. The van der Waals surface area contributed by atoms with Gasteiger partial charge in [-0.3, -0.25) is 4.79 Å². The van der Waals surface area contributed by atoms with Crippen LogP contribution in [-0.2, 0) is 37.3 Å². The Balaban J connectivity index is 1.24. The number of nitrogens with one attached hydrogen (secondary N) is 1. The van der Waals surface area contributed by atoms with Gasteiger partial charge in [0.05, 0.1) is 12.7 Å². The third kappa shape index (κ3) is 6.48. The van der Waals surface area contributed by atoms with Crippen LogP contribution in [0.4, 0.5) is 0 Å². The number of aryl methyl sites for hydroxylation is 1. The highest BCUT2D eigenvalue weighted by atomic mass is 16.3. The molecule has 1 amide bonds. The molecule has 0 saturated heterocycles. The van der Waals surface area contributed by atoms with Crippen molar-refractivity contribution in [1.82, 2.24) is 10.2 Å². The predicted octanol–water partition coefficient (Wildman–Crippen LogP) is 3.61. The average molecular weight is 475 g/mol. The number of hydrogen-bond donors (Lipinski definition) is 4. The largest absolute Gasteiger partial charge is 0.508 e. The maximum Gasteiger partial charge on any atom is 0.223 e. The summed E-state index contributed by atoms with van der Waals surface area (Å²) in [6.45, 7) is 3.57. The van der Waals surface area contributed by atoms with Crippen LogP contribution in [0.2, 0.25) is 0 Å². The molecule has 184 valence electrons. The fourth-order valence-corrected chi connectivity index (χ4v) is 4.63. The second kappa shape index (κ2) is 11.5. The lowest BCUT2D eigenvalue weighted by atomic mass is 10.0. The molecule has 2 unspecified atom stereocenters. The fraction of sp³-hybridized carbons (Fsp3) is 0.345. The minimum absolute atomic E-state index is 0.0249. The van der Waals surface area contributed by atoms with Gasteiger partial charge in [-0.2, -0.15) is 0 Å². The van der Waals surface area contributed by atoms with Gasteiger partial charge in [-0.25, -0.2) is 0 Å². The number of carbonyl (C=O) groups is 1. The Kier molecular flexibility index (Phi) is 8.18. The van der Waals surface area contributed by atoms with E-state index in [1.54, 1.807) is 12.1 Å². The zero-order chi connectivity index (χ0) is 24.8. The van der Waals surface area contributed by atoms with Crippen LogP contribution >= 0.6 is 0 Å². The third-order valence-corrected chi connectivity index (χ3v) is 6.67. The first-order valence-electron chi connectivity index (χ1n) is 12.2. The highest BCUT2D eigenvalue weighted by Gasteiger charge is 2.22. The van der Waals surface area contributed by atoms with Gasteiger partial charge in [0.2, 0.25) is 5.91 Å². The van der Waals surface area contributed by atoms with Gasteiger partial charge in [0.15, 0.2) is 0 Å². The molecule has 0 saturated carbocycles. The Hall–Kier alpha value is -3.19. The number of aliphatic hydroxyl groups excluding tert-OH is 2. The van der Waals surface area contributed by atoms with Crippen LogP contribution in [0.15, 0.2) is 66.7 Å². The van der Waals surface area contributed by atoms with Crippen LogP contribution in [0.1, 0.15) is 52.8 Å². The van der Waals surface area contributed by atoms with Crippen molar-refractivity contribution in [2.45, 2.75) is 58.0 Å². The van der Waals surface area contributed by atoms with Crippen LogP contribution in [0.25, 0.3) is 0 Å². The number of aromatic hydroxyl groups is 1. The number of aliphatic hydroxyl groups is 2. The van der Waals surface area contributed by atoms with Crippen LogP contribution in [0.3, 0.4) is 0 Å². The van der Waals surface area contributed by atoms with E-state index in [4.69, 9.17) is 0 Å². The van der Waals surface area contributed by atoms with E-state index in [1.807, 2.05) is 23.1 Å². The summed E-state index contributed by atoms with van der Waals surface area (Å²) in [6, 6.07) is 21.5. The van der Waals surface area contributed by atoms with Crippen molar-refractivity contribution in [3.05, 3.63) is 100 Å². The van der Waals surface area contributed by atoms with Crippen LogP contribution in [0.5, 0.6) is 5.75 Å². The first-order valence-corrected chi connectivity index (χ1v) is 12.2. The highest BCUT2D eigenvalue weighted by molar-refractivity contribution is 5.77. The van der Waals surface area contributed by atoms with Gasteiger partial charge >= 0.3 is 0 Å². The summed E-state index contributed by atoms with van der Waals surface area (Å²) in [4.78, 5) is 14.7. The van der Waals surface area contributed by atoms with E-state index in [1.165, 1.54) is 22.8 Å². The monoisotopic (exact) mass is 474 g/mol. The quantitative estimate of drug-likeness (QED) is 0.360. The summed E-state index contributed by atoms with van der Waals surface area (Å²) < 4.78 is 0. The number of hydrogen-bond acceptors (Lipinski definition) is 5. The van der Waals surface area contributed by atoms with Crippen molar-refractivity contribution in [3.63, 3.8) is 0 Å². The number of benzene rings is 3. The molecule has 0 aliphatic carbocycles. The molecule has 0 aromatic heterocycles. The molecule has 35 heavy (non-hydrogen) atoms. The van der Waals surface area contributed by atoms with Crippen molar-refractivity contribution in [3.8, 4) is 5.75 Å².